The summed E-state index contributed by atoms with van der Waals surface area (Å²) in [5, 5.41) is 3.26. The summed E-state index contributed by atoms with van der Waals surface area (Å²) in [6.07, 6.45) is 0. The largest absolute Gasteiger partial charge is 0.490 e. The average Bonchev–Trinajstić information content (AvgIpc) is 2.67. The number of piperazine rings is 1. The van der Waals surface area contributed by atoms with E-state index >= 15 is 0 Å². The molecule has 2 aromatic rings. The van der Waals surface area contributed by atoms with E-state index in [0.717, 1.165) is 5.56 Å². The maximum Gasteiger partial charge on any atom is 0.261 e. The number of benzene rings is 2. The molecule has 1 heterocycles. The van der Waals surface area contributed by atoms with E-state index in [0.29, 0.717) is 37.7 Å². The maximum absolute atomic E-state index is 13.6. The summed E-state index contributed by atoms with van der Waals surface area (Å²) in [7, 11) is 0. The van der Waals surface area contributed by atoms with Gasteiger partial charge in [0.1, 0.15) is 5.82 Å². The average molecular weight is 358 g/mol. The molecule has 6 heteroatoms. The second-order valence-corrected chi connectivity index (χ2v) is 6.03. The van der Waals surface area contributed by atoms with Crippen molar-refractivity contribution in [3.8, 4) is 11.5 Å². The molecule has 1 fully saturated rings. The van der Waals surface area contributed by atoms with Gasteiger partial charge in [0.15, 0.2) is 18.1 Å². The fraction of sp³-hybridized carbons (Fsp3) is 0.350. The van der Waals surface area contributed by atoms with Crippen LogP contribution in [0.3, 0.4) is 0 Å². The lowest BCUT2D eigenvalue weighted by atomic mass is 10.0. The number of para-hydroxylation sites is 2. The van der Waals surface area contributed by atoms with Gasteiger partial charge in [0.25, 0.3) is 5.91 Å². The Morgan fingerprint density at radius 2 is 1.96 bits per heavy atom. The summed E-state index contributed by atoms with van der Waals surface area (Å²) < 4.78 is 24.8. The van der Waals surface area contributed by atoms with Gasteiger partial charge in [-0.05, 0) is 36.8 Å². The van der Waals surface area contributed by atoms with Crippen LogP contribution in [0.25, 0.3) is 0 Å². The molecule has 0 saturated carbocycles. The van der Waals surface area contributed by atoms with Crippen LogP contribution in [-0.4, -0.2) is 43.7 Å². The zero-order valence-electron chi connectivity index (χ0n) is 14.8. The molecule has 1 unspecified atom stereocenters. The van der Waals surface area contributed by atoms with Crippen molar-refractivity contribution in [2.75, 3.05) is 32.8 Å². The summed E-state index contributed by atoms with van der Waals surface area (Å²) in [5.74, 6) is 0.722. The second kappa shape index (κ2) is 8.67. The molecule has 1 N–H and O–H groups in total. The lowest BCUT2D eigenvalue weighted by molar-refractivity contribution is -0.136. The lowest BCUT2D eigenvalue weighted by Crippen LogP contribution is -2.50. The van der Waals surface area contributed by atoms with E-state index in [1.807, 2.05) is 31.2 Å². The number of amides is 1. The highest BCUT2D eigenvalue weighted by molar-refractivity contribution is 5.78. The maximum atomic E-state index is 13.6. The minimum absolute atomic E-state index is 0.0874. The highest BCUT2D eigenvalue weighted by atomic mass is 19.1. The van der Waals surface area contributed by atoms with Gasteiger partial charge in [-0.3, -0.25) is 4.79 Å². The first-order valence-corrected chi connectivity index (χ1v) is 8.79. The fourth-order valence-corrected chi connectivity index (χ4v) is 3.08. The highest BCUT2D eigenvalue weighted by Gasteiger charge is 2.28. The van der Waals surface area contributed by atoms with Crippen LogP contribution in [0.15, 0.2) is 48.5 Å². The van der Waals surface area contributed by atoms with Crippen LogP contribution >= 0.6 is 0 Å². The van der Waals surface area contributed by atoms with Crippen LogP contribution in [-0.2, 0) is 4.79 Å². The molecular weight excluding hydrogens is 335 g/mol. The quantitative estimate of drug-likeness (QED) is 0.863. The van der Waals surface area contributed by atoms with Gasteiger partial charge in [-0.2, -0.15) is 0 Å². The smallest absolute Gasteiger partial charge is 0.261 e. The van der Waals surface area contributed by atoms with Crippen molar-refractivity contribution in [3.05, 3.63) is 59.9 Å². The van der Waals surface area contributed by atoms with Gasteiger partial charge >= 0.3 is 0 Å². The van der Waals surface area contributed by atoms with Crippen molar-refractivity contribution in [2.45, 2.75) is 13.0 Å². The molecule has 0 radical (unpaired) electrons. The summed E-state index contributed by atoms with van der Waals surface area (Å²) >= 11 is 0. The molecule has 1 atom stereocenters. The Balaban J connectivity index is 1.69. The molecule has 3 rings (SSSR count). The molecule has 0 aromatic heterocycles. The van der Waals surface area contributed by atoms with Crippen LogP contribution in [0.5, 0.6) is 11.5 Å². The van der Waals surface area contributed by atoms with Crippen molar-refractivity contribution < 1.29 is 18.7 Å². The minimum atomic E-state index is -0.303. The van der Waals surface area contributed by atoms with Crippen molar-refractivity contribution in [1.82, 2.24) is 10.2 Å². The zero-order valence-corrected chi connectivity index (χ0v) is 14.8. The number of hydrogen-bond acceptors (Lipinski definition) is 4. The topological polar surface area (TPSA) is 50.8 Å². The van der Waals surface area contributed by atoms with E-state index in [1.54, 1.807) is 17.0 Å². The standard InChI is InChI=1S/C20H23FN2O3/c1-2-25-18-8-3-4-9-19(18)26-14-20(24)23-11-10-22-13-17(23)15-6-5-7-16(21)12-15/h3-9,12,17,22H,2,10-11,13-14H2,1H3. The van der Waals surface area contributed by atoms with Crippen LogP contribution < -0.4 is 14.8 Å². The molecule has 0 spiro atoms. The van der Waals surface area contributed by atoms with Crippen molar-refractivity contribution in [1.29, 1.82) is 0 Å². The second-order valence-electron chi connectivity index (χ2n) is 6.03. The molecule has 1 aliphatic heterocycles. The number of ether oxygens (including phenoxy) is 2. The van der Waals surface area contributed by atoms with Gasteiger partial charge in [-0.1, -0.05) is 24.3 Å². The predicted molar refractivity (Wildman–Crippen MR) is 96.8 cm³/mol. The van der Waals surface area contributed by atoms with Gasteiger partial charge in [0, 0.05) is 19.6 Å². The molecule has 0 aliphatic carbocycles. The number of carbonyl (C=O) groups excluding carboxylic acids is 1. The number of nitrogens with one attached hydrogen (secondary N) is 1. The van der Waals surface area contributed by atoms with E-state index in [9.17, 15) is 9.18 Å². The van der Waals surface area contributed by atoms with Gasteiger partial charge < -0.3 is 19.7 Å². The summed E-state index contributed by atoms with van der Waals surface area (Å²) in [5.41, 5.74) is 0.778. The molecule has 2 aromatic carbocycles. The SMILES string of the molecule is CCOc1ccccc1OCC(=O)N1CCNCC1c1cccc(F)c1. The minimum Gasteiger partial charge on any atom is -0.490 e. The van der Waals surface area contributed by atoms with Crippen LogP contribution in [0.1, 0.15) is 18.5 Å². The Morgan fingerprint density at radius 1 is 1.19 bits per heavy atom. The van der Waals surface area contributed by atoms with Crippen LogP contribution in [0.2, 0.25) is 0 Å². The van der Waals surface area contributed by atoms with E-state index in [4.69, 9.17) is 9.47 Å². The highest BCUT2D eigenvalue weighted by Crippen LogP contribution is 2.27. The van der Waals surface area contributed by atoms with Crippen molar-refractivity contribution >= 4 is 5.91 Å². The Kier molecular flexibility index (Phi) is 6.07. The molecular formula is C20H23FN2O3. The van der Waals surface area contributed by atoms with Crippen LogP contribution in [0.4, 0.5) is 4.39 Å². The van der Waals surface area contributed by atoms with Gasteiger partial charge in [-0.15, -0.1) is 0 Å². The van der Waals surface area contributed by atoms with E-state index in [-0.39, 0.29) is 24.4 Å². The molecule has 5 nitrogen and oxygen atoms in total. The van der Waals surface area contributed by atoms with Crippen molar-refractivity contribution in [2.24, 2.45) is 0 Å². The first-order valence-electron chi connectivity index (χ1n) is 8.79. The molecule has 138 valence electrons. The first-order chi connectivity index (χ1) is 12.7. The predicted octanol–water partition coefficient (Wildman–Crippen LogP) is 2.78. The number of nitrogens with zero attached hydrogens (tertiary/aromatic N) is 1. The Labute approximate surface area is 152 Å². The molecule has 1 saturated heterocycles. The molecule has 26 heavy (non-hydrogen) atoms. The van der Waals surface area contributed by atoms with E-state index < -0.39 is 0 Å². The van der Waals surface area contributed by atoms with Gasteiger partial charge in [-0.25, -0.2) is 4.39 Å². The summed E-state index contributed by atoms with van der Waals surface area (Å²) in [4.78, 5) is 14.5. The Hall–Kier alpha value is -2.60. The lowest BCUT2D eigenvalue weighted by Gasteiger charge is -2.36. The summed E-state index contributed by atoms with van der Waals surface area (Å²) in [6, 6.07) is 13.5. The number of rotatable bonds is 6. The normalized spacial score (nSPS) is 17.0. The monoisotopic (exact) mass is 358 g/mol. The van der Waals surface area contributed by atoms with Crippen molar-refractivity contribution in [3.63, 3.8) is 0 Å². The number of hydrogen-bond donors (Lipinski definition) is 1. The zero-order chi connectivity index (χ0) is 18.4. The fourth-order valence-electron chi connectivity index (χ4n) is 3.08. The molecule has 1 aliphatic rings. The third kappa shape index (κ3) is 4.32. The first kappa shape index (κ1) is 18.2. The van der Waals surface area contributed by atoms with Crippen LogP contribution in [0, 0.1) is 5.82 Å². The van der Waals surface area contributed by atoms with Gasteiger partial charge in [0.2, 0.25) is 0 Å². The number of carbonyl (C=O) groups is 1. The molecule has 1 amide bonds. The Bertz CT molecular complexity index is 753. The Morgan fingerprint density at radius 3 is 2.69 bits per heavy atom. The van der Waals surface area contributed by atoms with Gasteiger partial charge in [0.05, 0.1) is 12.6 Å². The number of halogens is 1. The molecule has 0 bridgehead atoms. The summed E-state index contributed by atoms with van der Waals surface area (Å²) in [6.45, 7) is 4.17. The third-order valence-electron chi connectivity index (χ3n) is 4.30. The third-order valence-corrected chi connectivity index (χ3v) is 4.30. The van der Waals surface area contributed by atoms with E-state index in [1.165, 1.54) is 12.1 Å². The van der Waals surface area contributed by atoms with E-state index in [2.05, 4.69) is 5.32 Å².